The standard InChI is InChI=1S/C17H30N4.HI/c1-6-21(14(2)3)12-11-19-17(18-5)20-13-16-9-7-15(4)8-10-16;/h7-10,14H,6,11-13H2,1-5H3,(H2,18,19,20);1H. The summed E-state index contributed by atoms with van der Waals surface area (Å²) >= 11 is 0. The second kappa shape index (κ2) is 11.7. The van der Waals surface area contributed by atoms with Crippen LogP contribution in [-0.4, -0.2) is 43.6 Å². The van der Waals surface area contributed by atoms with Crippen LogP contribution in [0.3, 0.4) is 0 Å². The Morgan fingerprint density at radius 1 is 1.18 bits per heavy atom. The van der Waals surface area contributed by atoms with Gasteiger partial charge in [-0.2, -0.15) is 0 Å². The predicted molar refractivity (Wildman–Crippen MR) is 107 cm³/mol. The topological polar surface area (TPSA) is 39.7 Å². The fourth-order valence-electron chi connectivity index (χ4n) is 2.21. The Balaban J connectivity index is 0.00000441. The van der Waals surface area contributed by atoms with Gasteiger partial charge in [-0.1, -0.05) is 36.8 Å². The molecule has 0 spiro atoms. The first kappa shape index (κ1) is 21.2. The maximum atomic E-state index is 4.26. The number of nitrogens with zero attached hydrogens (tertiary/aromatic N) is 2. The van der Waals surface area contributed by atoms with E-state index in [9.17, 15) is 0 Å². The van der Waals surface area contributed by atoms with Crippen molar-refractivity contribution in [3.8, 4) is 0 Å². The van der Waals surface area contributed by atoms with E-state index in [0.29, 0.717) is 6.04 Å². The minimum Gasteiger partial charge on any atom is -0.355 e. The van der Waals surface area contributed by atoms with Crippen LogP contribution in [0, 0.1) is 6.92 Å². The molecular formula is C17H31IN4. The van der Waals surface area contributed by atoms with E-state index in [1.54, 1.807) is 0 Å². The normalized spacial score (nSPS) is 11.5. The number of guanidine groups is 1. The first-order chi connectivity index (χ1) is 10.1. The Morgan fingerprint density at radius 2 is 1.82 bits per heavy atom. The second-order valence-electron chi connectivity index (χ2n) is 5.56. The van der Waals surface area contributed by atoms with E-state index in [2.05, 4.69) is 72.5 Å². The second-order valence-corrected chi connectivity index (χ2v) is 5.56. The van der Waals surface area contributed by atoms with Gasteiger partial charge in [-0.3, -0.25) is 9.89 Å². The van der Waals surface area contributed by atoms with Gasteiger partial charge in [0.2, 0.25) is 0 Å². The van der Waals surface area contributed by atoms with E-state index < -0.39 is 0 Å². The summed E-state index contributed by atoms with van der Waals surface area (Å²) in [6.07, 6.45) is 0. The van der Waals surface area contributed by atoms with Crippen LogP contribution in [0.2, 0.25) is 0 Å². The van der Waals surface area contributed by atoms with Crippen molar-refractivity contribution in [3.63, 3.8) is 0 Å². The van der Waals surface area contributed by atoms with Crippen molar-refractivity contribution < 1.29 is 0 Å². The van der Waals surface area contributed by atoms with Crippen molar-refractivity contribution in [2.24, 2.45) is 4.99 Å². The van der Waals surface area contributed by atoms with Gasteiger partial charge in [-0.05, 0) is 32.9 Å². The molecule has 0 aliphatic rings. The molecule has 0 bridgehead atoms. The maximum Gasteiger partial charge on any atom is 0.191 e. The first-order valence-corrected chi connectivity index (χ1v) is 7.81. The molecule has 1 aromatic rings. The van der Waals surface area contributed by atoms with Gasteiger partial charge in [0, 0.05) is 32.7 Å². The van der Waals surface area contributed by atoms with Crippen molar-refractivity contribution in [1.82, 2.24) is 15.5 Å². The summed E-state index contributed by atoms with van der Waals surface area (Å²) < 4.78 is 0. The highest BCUT2D eigenvalue weighted by atomic mass is 127. The monoisotopic (exact) mass is 418 g/mol. The smallest absolute Gasteiger partial charge is 0.191 e. The van der Waals surface area contributed by atoms with Crippen molar-refractivity contribution in [1.29, 1.82) is 0 Å². The van der Waals surface area contributed by atoms with Gasteiger partial charge in [0.05, 0.1) is 0 Å². The highest BCUT2D eigenvalue weighted by Crippen LogP contribution is 2.02. The summed E-state index contributed by atoms with van der Waals surface area (Å²) in [5, 5.41) is 6.71. The zero-order valence-corrected chi connectivity index (χ0v) is 16.8. The third kappa shape index (κ3) is 7.98. The molecule has 0 unspecified atom stereocenters. The Labute approximate surface area is 152 Å². The lowest BCUT2D eigenvalue weighted by atomic mass is 10.1. The number of halogens is 1. The molecule has 0 aromatic heterocycles. The number of hydrogen-bond acceptors (Lipinski definition) is 2. The Hall–Kier alpha value is -0.820. The van der Waals surface area contributed by atoms with Crippen LogP contribution in [0.1, 0.15) is 31.9 Å². The van der Waals surface area contributed by atoms with Crippen LogP contribution >= 0.6 is 24.0 Å². The minimum absolute atomic E-state index is 0. The lowest BCUT2D eigenvalue weighted by molar-refractivity contribution is 0.237. The summed E-state index contributed by atoms with van der Waals surface area (Å²) in [5.41, 5.74) is 2.55. The Morgan fingerprint density at radius 3 is 2.32 bits per heavy atom. The van der Waals surface area contributed by atoms with Crippen LogP contribution in [0.4, 0.5) is 0 Å². The molecule has 0 heterocycles. The molecule has 0 radical (unpaired) electrons. The number of benzene rings is 1. The van der Waals surface area contributed by atoms with Crippen molar-refractivity contribution >= 4 is 29.9 Å². The van der Waals surface area contributed by atoms with Crippen LogP contribution in [-0.2, 0) is 6.54 Å². The summed E-state index contributed by atoms with van der Waals surface area (Å²) in [6, 6.07) is 9.14. The molecule has 1 rings (SSSR count). The highest BCUT2D eigenvalue weighted by Gasteiger charge is 2.06. The number of nitrogens with one attached hydrogen (secondary N) is 2. The van der Waals surface area contributed by atoms with Crippen molar-refractivity contribution in [2.45, 2.75) is 40.3 Å². The van der Waals surface area contributed by atoms with E-state index in [1.165, 1.54) is 11.1 Å². The zero-order chi connectivity index (χ0) is 15.7. The largest absolute Gasteiger partial charge is 0.355 e. The SMILES string of the molecule is CCN(CCNC(=NC)NCc1ccc(C)cc1)C(C)C.I. The van der Waals surface area contributed by atoms with E-state index in [0.717, 1.165) is 32.1 Å². The number of rotatable bonds is 7. The van der Waals surface area contributed by atoms with Gasteiger partial charge in [0.1, 0.15) is 0 Å². The number of hydrogen-bond donors (Lipinski definition) is 2. The lowest BCUT2D eigenvalue weighted by Gasteiger charge is -2.25. The van der Waals surface area contributed by atoms with Crippen molar-refractivity contribution in [3.05, 3.63) is 35.4 Å². The summed E-state index contributed by atoms with van der Waals surface area (Å²) in [6.45, 7) is 12.6. The molecule has 2 N–H and O–H groups in total. The van der Waals surface area contributed by atoms with Crippen molar-refractivity contribution in [2.75, 3.05) is 26.7 Å². The van der Waals surface area contributed by atoms with Crippen LogP contribution < -0.4 is 10.6 Å². The van der Waals surface area contributed by atoms with Crippen LogP contribution in [0.25, 0.3) is 0 Å². The molecule has 0 aliphatic carbocycles. The molecule has 126 valence electrons. The third-order valence-electron chi connectivity index (χ3n) is 3.63. The van der Waals surface area contributed by atoms with E-state index in [4.69, 9.17) is 0 Å². The highest BCUT2D eigenvalue weighted by molar-refractivity contribution is 14.0. The van der Waals surface area contributed by atoms with Gasteiger partial charge in [-0.25, -0.2) is 0 Å². The average molecular weight is 418 g/mol. The molecule has 0 saturated carbocycles. The minimum atomic E-state index is 0. The van der Waals surface area contributed by atoms with E-state index in [-0.39, 0.29) is 24.0 Å². The maximum absolute atomic E-state index is 4.26. The van der Waals surface area contributed by atoms with Crippen LogP contribution in [0.5, 0.6) is 0 Å². The molecule has 1 aromatic carbocycles. The van der Waals surface area contributed by atoms with Gasteiger partial charge >= 0.3 is 0 Å². The molecule has 0 atom stereocenters. The lowest BCUT2D eigenvalue weighted by Crippen LogP contribution is -2.42. The quantitative estimate of drug-likeness (QED) is 0.406. The third-order valence-corrected chi connectivity index (χ3v) is 3.63. The zero-order valence-electron chi connectivity index (χ0n) is 14.5. The van der Waals surface area contributed by atoms with Gasteiger partial charge in [-0.15, -0.1) is 24.0 Å². The Bertz CT molecular complexity index is 429. The Kier molecular flexibility index (Phi) is 11.3. The van der Waals surface area contributed by atoms with E-state index >= 15 is 0 Å². The molecular weight excluding hydrogens is 387 g/mol. The summed E-state index contributed by atoms with van der Waals surface area (Å²) in [5.74, 6) is 0.857. The summed E-state index contributed by atoms with van der Waals surface area (Å²) in [4.78, 5) is 6.69. The first-order valence-electron chi connectivity index (χ1n) is 7.81. The van der Waals surface area contributed by atoms with Gasteiger partial charge in [0.15, 0.2) is 5.96 Å². The summed E-state index contributed by atoms with van der Waals surface area (Å²) in [7, 11) is 1.81. The number of likely N-dealkylation sites (N-methyl/N-ethyl adjacent to an activating group) is 1. The molecule has 5 heteroatoms. The van der Waals surface area contributed by atoms with E-state index in [1.807, 2.05) is 7.05 Å². The fourth-order valence-corrected chi connectivity index (χ4v) is 2.21. The molecule has 22 heavy (non-hydrogen) atoms. The molecule has 4 nitrogen and oxygen atoms in total. The predicted octanol–water partition coefficient (Wildman–Crippen LogP) is 3.01. The molecule has 0 aliphatic heterocycles. The average Bonchev–Trinajstić information content (AvgIpc) is 2.48. The number of aryl methyl sites for hydroxylation is 1. The van der Waals surface area contributed by atoms with Gasteiger partial charge < -0.3 is 10.6 Å². The van der Waals surface area contributed by atoms with Crippen LogP contribution in [0.15, 0.2) is 29.3 Å². The molecule has 0 saturated heterocycles. The number of aliphatic imine (C=N–C) groups is 1. The molecule has 0 amide bonds. The molecule has 0 fully saturated rings. The van der Waals surface area contributed by atoms with Gasteiger partial charge in [0.25, 0.3) is 0 Å². The fraction of sp³-hybridized carbons (Fsp3) is 0.588.